The van der Waals surface area contributed by atoms with Gasteiger partial charge in [-0.05, 0) is 41.8 Å². The van der Waals surface area contributed by atoms with Crippen LogP contribution in [-0.4, -0.2) is 33.3 Å². The summed E-state index contributed by atoms with van der Waals surface area (Å²) in [5.41, 5.74) is 1.73. The lowest BCUT2D eigenvalue weighted by atomic mass is 9.98. The molecule has 0 aliphatic carbocycles. The molecule has 144 valence electrons. The summed E-state index contributed by atoms with van der Waals surface area (Å²) in [7, 11) is 0. The van der Waals surface area contributed by atoms with Crippen LogP contribution in [0.1, 0.15) is 21.5 Å². The van der Waals surface area contributed by atoms with Gasteiger partial charge in [0.2, 0.25) is 0 Å². The topological polar surface area (TPSA) is 84.2 Å². The van der Waals surface area contributed by atoms with Crippen molar-refractivity contribution in [2.75, 3.05) is 6.54 Å². The number of carboxylic acids is 1. The summed E-state index contributed by atoms with van der Waals surface area (Å²) < 4.78 is 15.5. The van der Waals surface area contributed by atoms with Gasteiger partial charge in [-0.2, -0.15) is 5.10 Å². The van der Waals surface area contributed by atoms with Crippen molar-refractivity contribution in [2.45, 2.75) is 13.0 Å². The fraction of sp³-hybridized carbons (Fsp3) is 0.190. The Balaban J connectivity index is 1.58. The molecular formula is C21H20FN3O3. The molecule has 7 heteroatoms. The van der Waals surface area contributed by atoms with Crippen LogP contribution < -0.4 is 5.32 Å². The average molecular weight is 381 g/mol. The molecule has 1 atom stereocenters. The Hall–Kier alpha value is -3.48. The number of amides is 1. The number of carboxylic acid groups (broad SMARTS) is 1. The number of benzene rings is 2. The zero-order chi connectivity index (χ0) is 19.9. The second-order valence-electron chi connectivity index (χ2n) is 6.44. The molecule has 1 aromatic heterocycles. The van der Waals surface area contributed by atoms with Crippen LogP contribution >= 0.6 is 0 Å². The number of aromatic nitrogens is 2. The molecule has 3 aromatic rings. The first-order valence-electron chi connectivity index (χ1n) is 8.83. The van der Waals surface area contributed by atoms with E-state index in [4.69, 9.17) is 0 Å². The number of hydrogen-bond donors (Lipinski definition) is 2. The Kier molecular flexibility index (Phi) is 6.16. The third-order valence-electron chi connectivity index (χ3n) is 4.40. The summed E-state index contributed by atoms with van der Waals surface area (Å²) in [6.45, 7) is 0.510. The minimum Gasteiger partial charge on any atom is -0.481 e. The first-order chi connectivity index (χ1) is 13.5. The predicted molar refractivity (Wildman–Crippen MR) is 101 cm³/mol. The first-order valence-corrected chi connectivity index (χ1v) is 8.83. The molecule has 2 aromatic carbocycles. The molecule has 0 fully saturated rings. The molecule has 0 bridgehead atoms. The van der Waals surface area contributed by atoms with Gasteiger partial charge in [0.1, 0.15) is 5.82 Å². The van der Waals surface area contributed by atoms with Gasteiger partial charge in [0, 0.05) is 24.5 Å². The first kappa shape index (κ1) is 19.3. The lowest BCUT2D eigenvalue weighted by Crippen LogP contribution is -2.34. The highest BCUT2D eigenvalue weighted by Crippen LogP contribution is 2.13. The van der Waals surface area contributed by atoms with E-state index >= 15 is 0 Å². The van der Waals surface area contributed by atoms with Crippen molar-refractivity contribution in [3.8, 4) is 0 Å². The molecule has 0 unspecified atom stereocenters. The van der Waals surface area contributed by atoms with Gasteiger partial charge >= 0.3 is 5.97 Å². The van der Waals surface area contributed by atoms with E-state index in [1.165, 1.54) is 6.07 Å². The van der Waals surface area contributed by atoms with E-state index in [2.05, 4.69) is 10.4 Å². The highest BCUT2D eigenvalue weighted by molar-refractivity contribution is 5.94. The van der Waals surface area contributed by atoms with Gasteiger partial charge in [-0.15, -0.1) is 0 Å². The van der Waals surface area contributed by atoms with Crippen LogP contribution in [0.5, 0.6) is 0 Å². The quantitative estimate of drug-likeness (QED) is 0.628. The lowest BCUT2D eigenvalue weighted by Gasteiger charge is -2.14. The summed E-state index contributed by atoms with van der Waals surface area (Å²) in [5, 5.41) is 16.1. The number of nitrogens with zero attached hydrogens (tertiary/aromatic N) is 2. The molecular weight excluding hydrogens is 361 g/mol. The number of rotatable bonds is 8. The number of carbonyl (C=O) groups excluding carboxylic acids is 1. The monoisotopic (exact) mass is 381 g/mol. The van der Waals surface area contributed by atoms with Crippen LogP contribution in [0, 0.1) is 11.7 Å². The fourth-order valence-electron chi connectivity index (χ4n) is 2.84. The molecule has 0 saturated heterocycles. The lowest BCUT2D eigenvalue weighted by molar-refractivity contribution is -0.141. The highest BCUT2D eigenvalue weighted by Gasteiger charge is 2.20. The van der Waals surface area contributed by atoms with E-state index in [1.54, 1.807) is 41.2 Å². The van der Waals surface area contributed by atoms with Gasteiger partial charge in [0.05, 0.1) is 12.5 Å². The normalized spacial score (nSPS) is 11.8. The van der Waals surface area contributed by atoms with Crippen LogP contribution in [0.25, 0.3) is 0 Å². The van der Waals surface area contributed by atoms with E-state index in [-0.39, 0.29) is 18.9 Å². The van der Waals surface area contributed by atoms with Gasteiger partial charge < -0.3 is 10.4 Å². The van der Waals surface area contributed by atoms with E-state index in [9.17, 15) is 19.1 Å². The standard InChI is InChI=1S/C21H20FN3O3/c22-19-5-2-1-4-17(19)12-18(21(27)28)13-23-20(26)16-8-6-15(7-9-16)14-25-11-3-10-24-25/h1-11,18H,12-14H2,(H,23,26)(H,27,28)/t18-/m1/s1. The third kappa shape index (κ3) is 5.03. The molecule has 6 nitrogen and oxygen atoms in total. The van der Waals surface area contributed by atoms with Crippen molar-refractivity contribution in [1.82, 2.24) is 15.1 Å². The molecule has 0 spiro atoms. The van der Waals surface area contributed by atoms with E-state index in [0.717, 1.165) is 5.56 Å². The molecule has 0 aliphatic rings. The summed E-state index contributed by atoms with van der Waals surface area (Å²) in [5.74, 6) is -2.82. The molecule has 0 saturated carbocycles. The SMILES string of the molecule is O=C(NC[C@@H](Cc1ccccc1F)C(=O)O)c1ccc(Cn2cccn2)cc1. The van der Waals surface area contributed by atoms with Crippen molar-refractivity contribution in [3.63, 3.8) is 0 Å². The van der Waals surface area contributed by atoms with E-state index in [1.807, 2.05) is 24.4 Å². The van der Waals surface area contributed by atoms with Gasteiger partial charge in [0.15, 0.2) is 0 Å². The second kappa shape index (κ2) is 8.94. The Bertz CT molecular complexity index is 940. The van der Waals surface area contributed by atoms with Crippen molar-refractivity contribution < 1.29 is 19.1 Å². The third-order valence-corrected chi connectivity index (χ3v) is 4.40. The van der Waals surface area contributed by atoms with Crippen LogP contribution in [0.15, 0.2) is 67.0 Å². The summed E-state index contributed by atoms with van der Waals surface area (Å²) >= 11 is 0. The zero-order valence-corrected chi connectivity index (χ0v) is 15.1. The largest absolute Gasteiger partial charge is 0.481 e. The molecule has 2 N–H and O–H groups in total. The number of aliphatic carboxylic acids is 1. The Morgan fingerprint density at radius 2 is 1.86 bits per heavy atom. The highest BCUT2D eigenvalue weighted by atomic mass is 19.1. The van der Waals surface area contributed by atoms with Gasteiger partial charge in [0.25, 0.3) is 5.91 Å². The summed E-state index contributed by atoms with van der Waals surface area (Å²) in [6, 6.07) is 14.9. The fourth-order valence-corrected chi connectivity index (χ4v) is 2.84. The molecule has 0 radical (unpaired) electrons. The molecule has 1 amide bonds. The number of halogens is 1. The maximum atomic E-state index is 13.8. The number of hydrogen-bond acceptors (Lipinski definition) is 3. The van der Waals surface area contributed by atoms with E-state index in [0.29, 0.717) is 17.7 Å². The Morgan fingerprint density at radius 3 is 2.50 bits per heavy atom. The molecule has 28 heavy (non-hydrogen) atoms. The zero-order valence-electron chi connectivity index (χ0n) is 15.1. The Labute approximate surface area is 161 Å². The van der Waals surface area contributed by atoms with Crippen molar-refractivity contribution in [3.05, 3.63) is 89.5 Å². The molecule has 1 heterocycles. The maximum Gasteiger partial charge on any atom is 0.308 e. The van der Waals surface area contributed by atoms with Gasteiger partial charge in [-0.3, -0.25) is 14.3 Å². The number of nitrogens with one attached hydrogen (secondary N) is 1. The predicted octanol–water partition coefficient (Wildman–Crippen LogP) is 2.74. The van der Waals surface area contributed by atoms with Gasteiger partial charge in [-0.1, -0.05) is 30.3 Å². The van der Waals surface area contributed by atoms with Crippen LogP contribution in [0.2, 0.25) is 0 Å². The summed E-state index contributed by atoms with van der Waals surface area (Å²) in [4.78, 5) is 23.8. The van der Waals surface area contributed by atoms with Crippen LogP contribution in [-0.2, 0) is 17.8 Å². The second-order valence-corrected chi connectivity index (χ2v) is 6.44. The van der Waals surface area contributed by atoms with Crippen molar-refractivity contribution in [2.24, 2.45) is 5.92 Å². The van der Waals surface area contributed by atoms with Gasteiger partial charge in [-0.25, -0.2) is 4.39 Å². The minimum atomic E-state index is -1.09. The van der Waals surface area contributed by atoms with Crippen molar-refractivity contribution in [1.29, 1.82) is 0 Å². The summed E-state index contributed by atoms with van der Waals surface area (Å²) in [6.07, 6.45) is 3.55. The minimum absolute atomic E-state index is 0.00505. The average Bonchev–Trinajstić information content (AvgIpc) is 3.19. The van der Waals surface area contributed by atoms with Crippen LogP contribution in [0.3, 0.4) is 0 Å². The smallest absolute Gasteiger partial charge is 0.308 e. The number of carbonyl (C=O) groups is 2. The van der Waals surface area contributed by atoms with Crippen LogP contribution in [0.4, 0.5) is 4.39 Å². The maximum absolute atomic E-state index is 13.8. The van der Waals surface area contributed by atoms with E-state index < -0.39 is 17.7 Å². The van der Waals surface area contributed by atoms with Crippen molar-refractivity contribution >= 4 is 11.9 Å². The molecule has 0 aliphatic heterocycles. The molecule has 3 rings (SSSR count). The Morgan fingerprint density at radius 1 is 1.11 bits per heavy atom.